The van der Waals surface area contributed by atoms with Crippen LogP contribution in [0.25, 0.3) is 0 Å². The molecule has 32 heavy (non-hydrogen) atoms. The minimum Gasteiger partial charge on any atom is -0.384 e. The molecule has 6 nitrogen and oxygen atoms in total. The molecular weight excluding hydrogens is 537 g/mol. The summed E-state index contributed by atoms with van der Waals surface area (Å²) in [5.74, 6) is 0.656. The lowest BCUT2D eigenvalue weighted by Gasteiger charge is -2.35. The van der Waals surface area contributed by atoms with Gasteiger partial charge >= 0.3 is 0 Å². The van der Waals surface area contributed by atoms with Crippen LogP contribution in [0.3, 0.4) is 0 Å². The second kappa shape index (κ2) is 12.6. The molecule has 3 N–H and O–H groups in total. The summed E-state index contributed by atoms with van der Waals surface area (Å²) in [6.07, 6.45) is 0. The number of piperazine rings is 1. The Labute approximate surface area is 214 Å². The molecule has 1 saturated heterocycles. The molecule has 1 unspecified atom stereocenters. The summed E-state index contributed by atoms with van der Waals surface area (Å²) in [7, 11) is 2.15. The summed E-state index contributed by atoms with van der Waals surface area (Å²) < 4.78 is 0. The first-order valence-electron chi connectivity index (χ1n) is 10.9. The zero-order chi connectivity index (χ0) is 22.3. The van der Waals surface area contributed by atoms with E-state index in [4.69, 9.17) is 16.6 Å². The number of hydrogen-bond donors (Lipinski definition) is 3. The molecule has 2 aromatic rings. The van der Waals surface area contributed by atoms with Gasteiger partial charge in [0.25, 0.3) is 0 Å². The van der Waals surface area contributed by atoms with Crippen molar-refractivity contribution in [3.05, 3.63) is 64.7 Å². The van der Waals surface area contributed by atoms with E-state index in [-0.39, 0.29) is 24.0 Å². The van der Waals surface area contributed by atoms with Crippen LogP contribution in [0.2, 0.25) is 5.02 Å². The maximum absolute atomic E-state index is 10.9. The first-order chi connectivity index (χ1) is 14.9. The van der Waals surface area contributed by atoms with Gasteiger partial charge in [-0.2, -0.15) is 0 Å². The number of anilines is 1. The number of benzene rings is 2. The molecule has 1 aliphatic rings. The average molecular weight is 572 g/mol. The molecule has 0 bridgehead atoms. The second-order valence-electron chi connectivity index (χ2n) is 8.22. The minimum absolute atomic E-state index is 0. The van der Waals surface area contributed by atoms with Crippen LogP contribution in [0.15, 0.2) is 53.5 Å². The minimum atomic E-state index is -1.01. The summed E-state index contributed by atoms with van der Waals surface area (Å²) in [5.41, 5.74) is 2.03. The molecule has 3 rings (SSSR count). The number of likely N-dealkylation sites (N-methyl/N-ethyl adjacent to an activating group) is 1. The van der Waals surface area contributed by atoms with Crippen LogP contribution in [-0.4, -0.2) is 62.3 Å². The molecule has 1 fully saturated rings. The molecule has 1 heterocycles. The van der Waals surface area contributed by atoms with Crippen molar-refractivity contribution in [2.24, 2.45) is 4.99 Å². The van der Waals surface area contributed by atoms with Crippen molar-refractivity contribution in [1.82, 2.24) is 15.5 Å². The van der Waals surface area contributed by atoms with Crippen LogP contribution in [0.4, 0.5) is 5.69 Å². The molecule has 0 saturated carbocycles. The summed E-state index contributed by atoms with van der Waals surface area (Å²) in [6.45, 7) is 9.39. The van der Waals surface area contributed by atoms with E-state index in [9.17, 15) is 5.11 Å². The first kappa shape index (κ1) is 26.7. The zero-order valence-corrected chi connectivity index (χ0v) is 22.2. The van der Waals surface area contributed by atoms with Gasteiger partial charge in [0.2, 0.25) is 0 Å². The van der Waals surface area contributed by atoms with Gasteiger partial charge in [0.05, 0.1) is 13.1 Å². The van der Waals surface area contributed by atoms with Gasteiger partial charge in [0.15, 0.2) is 5.96 Å². The molecule has 0 amide bonds. The lowest BCUT2D eigenvalue weighted by atomic mass is 9.96. The van der Waals surface area contributed by atoms with Gasteiger partial charge in [-0.05, 0) is 38.6 Å². The van der Waals surface area contributed by atoms with E-state index in [1.807, 2.05) is 49.4 Å². The fraction of sp³-hybridized carbons (Fsp3) is 0.458. The zero-order valence-electron chi connectivity index (χ0n) is 19.1. The van der Waals surface area contributed by atoms with Gasteiger partial charge in [-0.1, -0.05) is 48.0 Å². The second-order valence-corrected chi connectivity index (χ2v) is 8.62. The summed E-state index contributed by atoms with van der Waals surface area (Å²) in [4.78, 5) is 9.50. The van der Waals surface area contributed by atoms with E-state index in [1.165, 1.54) is 0 Å². The predicted octanol–water partition coefficient (Wildman–Crippen LogP) is 3.67. The SMILES string of the molecule is CCNC(=NCc1c(Cl)cccc1N1CCN(C)CC1)NCC(C)(O)c1ccccc1.I. The van der Waals surface area contributed by atoms with Crippen LogP contribution < -0.4 is 15.5 Å². The highest BCUT2D eigenvalue weighted by molar-refractivity contribution is 14.0. The van der Waals surface area contributed by atoms with Gasteiger partial charge < -0.3 is 25.5 Å². The molecule has 0 spiro atoms. The number of rotatable bonds is 7. The smallest absolute Gasteiger partial charge is 0.191 e. The average Bonchev–Trinajstić information content (AvgIpc) is 2.77. The Morgan fingerprint density at radius 3 is 2.41 bits per heavy atom. The van der Waals surface area contributed by atoms with Gasteiger partial charge in [-0.3, -0.25) is 0 Å². The Morgan fingerprint density at radius 1 is 1.06 bits per heavy atom. The van der Waals surface area contributed by atoms with Gasteiger partial charge in [0.1, 0.15) is 5.60 Å². The van der Waals surface area contributed by atoms with Crippen molar-refractivity contribution in [1.29, 1.82) is 0 Å². The molecule has 8 heteroatoms. The number of nitrogens with one attached hydrogen (secondary N) is 2. The molecule has 1 atom stereocenters. The van der Waals surface area contributed by atoms with Crippen molar-refractivity contribution in [3.8, 4) is 0 Å². The quantitative estimate of drug-likeness (QED) is 0.269. The van der Waals surface area contributed by atoms with Crippen LogP contribution in [-0.2, 0) is 12.1 Å². The Kier molecular flexibility index (Phi) is 10.5. The predicted molar refractivity (Wildman–Crippen MR) is 145 cm³/mol. The molecule has 2 aromatic carbocycles. The number of guanidine groups is 1. The standard InChI is InChI=1S/C24H34ClN5O.HI/c1-4-26-23(28-18-24(2,31)19-9-6-5-7-10-19)27-17-20-21(25)11-8-12-22(20)30-15-13-29(3)14-16-30;/h5-12,31H,4,13-18H2,1-3H3,(H2,26,27,28);1H. The third kappa shape index (κ3) is 7.23. The van der Waals surface area contributed by atoms with Crippen molar-refractivity contribution in [3.63, 3.8) is 0 Å². The van der Waals surface area contributed by atoms with Crippen LogP contribution in [0, 0.1) is 0 Å². The number of aliphatic hydroxyl groups is 1. The van der Waals surface area contributed by atoms with Gasteiger partial charge in [0, 0.05) is 49.0 Å². The Balaban J connectivity index is 0.00000363. The fourth-order valence-corrected chi connectivity index (χ4v) is 3.93. The number of halogens is 2. The van der Waals surface area contributed by atoms with E-state index in [0.29, 0.717) is 19.0 Å². The molecule has 0 radical (unpaired) electrons. The molecule has 176 valence electrons. The summed E-state index contributed by atoms with van der Waals surface area (Å²) >= 11 is 6.58. The molecular formula is C24H35ClIN5O. The fourth-order valence-electron chi connectivity index (χ4n) is 3.70. The van der Waals surface area contributed by atoms with Crippen molar-refractivity contribution < 1.29 is 5.11 Å². The van der Waals surface area contributed by atoms with Gasteiger partial charge in [-0.25, -0.2) is 4.99 Å². The Morgan fingerprint density at radius 2 is 1.75 bits per heavy atom. The topological polar surface area (TPSA) is 63.1 Å². The van der Waals surface area contributed by atoms with Gasteiger partial charge in [-0.15, -0.1) is 24.0 Å². The van der Waals surface area contributed by atoms with Crippen molar-refractivity contribution >= 4 is 47.2 Å². The van der Waals surface area contributed by atoms with Crippen LogP contribution in [0.1, 0.15) is 25.0 Å². The first-order valence-corrected chi connectivity index (χ1v) is 11.3. The normalized spacial score (nSPS) is 16.8. The van der Waals surface area contributed by atoms with E-state index < -0.39 is 5.60 Å². The highest BCUT2D eigenvalue weighted by Crippen LogP contribution is 2.29. The lowest BCUT2D eigenvalue weighted by Crippen LogP contribution is -2.45. The van der Waals surface area contributed by atoms with Crippen LogP contribution in [0.5, 0.6) is 0 Å². The lowest BCUT2D eigenvalue weighted by molar-refractivity contribution is 0.0617. The highest BCUT2D eigenvalue weighted by Gasteiger charge is 2.23. The van der Waals surface area contributed by atoms with Crippen molar-refractivity contribution in [2.45, 2.75) is 26.0 Å². The number of aliphatic imine (C=N–C) groups is 1. The Bertz CT molecular complexity index is 870. The van der Waals surface area contributed by atoms with E-state index in [2.05, 4.69) is 33.5 Å². The third-order valence-electron chi connectivity index (χ3n) is 5.67. The summed E-state index contributed by atoms with van der Waals surface area (Å²) in [6, 6.07) is 15.7. The molecule has 1 aliphatic heterocycles. The van der Waals surface area contributed by atoms with Crippen molar-refractivity contribution in [2.75, 3.05) is 51.2 Å². The third-order valence-corrected chi connectivity index (χ3v) is 6.03. The maximum Gasteiger partial charge on any atom is 0.191 e. The maximum atomic E-state index is 10.9. The number of hydrogen-bond acceptors (Lipinski definition) is 4. The van der Waals surface area contributed by atoms with Crippen LogP contribution >= 0.6 is 35.6 Å². The number of nitrogens with zero attached hydrogens (tertiary/aromatic N) is 3. The molecule has 0 aromatic heterocycles. The van der Waals surface area contributed by atoms with E-state index in [1.54, 1.807) is 6.92 Å². The highest BCUT2D eigenvalue weighted by atomic mass is 127. The monoisotopic (exact) mass is 571 g/mol. The molecule has 0 aliphatic carbocycles. The van der Waals surface area contributed by atoms with E-state index in [0.717, 1.165) is 54.6 Å². The largest absolute Gasteiger partial charge is 0.384 e. The summed E-state index contributed by atoms with van der Waals surface area (Å²) in [5, 5.41) is 18.2. The van der Waals surface area contributed by atoms with E-state index >= 15 is 0 Å². The Hall–Kier alpha value is -1.55.